The van der Waals surface area contributed by atoms with E-state index in [2.05, 4.69) is 0 Å². The first-order chi connectivity index (χ1) is 9.15. The predicted molar refractivity (Wildman–Crippen MR) is 67.7 cm³/mol. The fourth-order valence-electron chi connectivity index (χ4n) is 1.34. The zero-order chi connectivity index (χ0) is 15.6. The molecule has 1 rings (SSSR count). The number of nitro benzene ring substituents is 1. The normalized spacial score (nSPS) is 14.3. The van der Waals surface area contributed by atoms with Crippen LogP contribution in [-0.2, 0) is 10.0 Å². The molecular formula is C11H12FN3O4S. The van der Waals surface area contributed by atoms with E-state index in [1.165, 1.54) is 6.92 Å². The van der Waals surface area contributed by atoms with Crippen LogP contribution in [0.4, 0.5) is 10.1 Å². The maximum atomic E-state index is 13.6. The molecule has 0 spiro atoms. The highest BCUT2D eigenvalue weighted by molar-refractivity contribution is 7.89. The van der Waals surface area contributed by atoms with Crippen molar-refractivity contribution in [1.82, 2.24) is 4.72 Å². The number of nitriles is 1. The lowest BCUT2D eigenvalue weighted by Crippen LogP contribution is -2.44. The lowest BCUT2D eigenvalue weighted by molar-refractivity contribution is -0.385. The fourth-order valence-corrected chi connectivity index (χ4v) is 2.83. The molecule has 20 heavy (non-hydrogen) atoms. The molecule has 0 fully saturated rings. The van der Waals surface area contributed by atoms with Gasteiger partial charge in [-0.1, -0.05) is 6.92 Å². The van der Waals surface area contributed by atoms with Crippen molar-refractivity contribution in [2.45, 2.75) is 30.7 Å². The van der Waals surface area contributed by atoms with Crippen molar-refractivity contribution >= 4 is 15.7 Å². The summed E-state index contributed by atoms with van der Waals surface area (Å²) in [6.45, 7) is 2.91. The molecule has 0 amide bonds. The molecule has 1 unspecified atom stereocenters. The molecule has 0 heterocycles. The molecule has 1 atom stereocenters. The third-order valence-electron chi connectivity index (χ3n) is 2.73. The van der Waals surface area contributed by atoms with Gasteiger partial charge in [0.1, 0.15) is 16.3 Å². The summed E-state index contributed by atoms with van der Waals surface area (Å²) < 4.78 is 39.7. The summed E-state index contributed by atoms with van der Waals surface area (Å²) in [5.41, 5.74) is -1.97. The van der Waals surface area contributed by atoms with Crippen LogP contribution in [0.3, 0.4) is 0 Å². The molecule has 0 saturated carbocycles. The highest BCUT2D eigenvalue weighted by Crippen LogP contribution is 2.23. The number of hydrogen-bond donors (Lipinski definition) is 1. The minimum absolute atomic E-state index is 0.152. The Morgan fingerprint density at radius 1 is 1.55 bits per heavy atom. The van der Waals surface area contributed by atoms with Gasteiger partial charge in [-0.15, -0.1) is 0 Å². The van der Waals surface area contributed by atoms with Gasteiger partial charge in [-0.25, -0.2) is 12.8 Å². The van der Waals surface area contributed by atoms with Gasteiger partial charge in [0.25, 0.3) is 5.69 Å². The summed E-state index contributed by atoms with van der Waals surface area (Å²) in [6.07, 6.45) is 0.152. The van der Waals surface area contributed by atoms with Gasteiger partial charge in [0.15, 0.2) is 0 Å². The summed E-state index contributed by atoms with van der Waals surface area (Å²) in [5.74, 6) is -1.13. The van der Waals surface area contributed by atoms with Crippen LogP contribution in [-0.4, -0.2) is 18.9 Å². The van der Waals surface area contributed by atoms with Gasteiger partial charge in [-0.05, 0) is 19.4 Å². The van der Waals surface area contributed by atoms with Crippen molar-refractivity contribution in [2.75, 3.05) is 0 Å². The first-order valence-electron chi connectivity index (χ1n) is 5.54. The van der Waals surface area contributed by atoms with Gasteiger partial charge < -0.3 is 0 Å². The Morgan fingerprint density at radius 3 is 2.60 bits per heavy atom. The van der Waals surface area contributed by atoms with Gasteiger partial charge in [0.2, 0.25) is 10.0 Å². The standard InChI is InChI=1S/C11H12FN3O4S/c1-3-11(2,7-13)14-20(18,19)10-6-8(15(16)17)4-5-9(10)12/h4-6,14H,3H2,1-2H3. The fraction of sp³-hybridized carbons (Fsp3) is 0.364. The largest absolute Gasteiger partial charge is 0.270 e. The molecule has 1 aromatic carbocycles. The summed E-state index contributed by atoms with van der Waals surface area (Å²) in [6, 6.07) is 3.94. The number of non-ortho nitro benzene ring substituents is 1. The van der Waals surface area contributed by atoms with E-state index < -0.39 is 36.9 Å². The SMILES string of the molecule is CCC(C)(C#N)NS(=O)(=O)c1cc([N+](=O)[O-])ccc1F. The third kappa shape index (κ3) is 3.28. The van der Waals surface area contributed by atoms with Crippen molar-refractivity contribution < 1.29 is 17.7 Å². The Balaban J connectivity index is 3.33. The predicted octanol–water partition coefficient (Wildman–Crippen LogP) is 1.70. The van der Waals surface area contributed by atoms with Gasteiger partial charge in [0.05, 0.1) is 11.0 Å². The molecule has 9 heteroatoms. The quantitative estimate of drug-likeness (QED) is 0.657. The number of halogens is 1. The molecule has 108 valence electrons. The number of nitrogens with zero attached hydrogens (tertiary/aromatic N) is 2. The Hall–Kier alpha value is -2.05. The van der Waals surface area contributed by atoms with Crippen molar-refractivity contribution in [2.24, 2.45) is 0 Å². The zero-order valence-electron chi connectivity index (χ0n) is 10.8. The van der Waals surface area contributed by atoms with E-state index in [9.17, 15) is 22.9 Å². The summed E-state index contributed by atoms with van der Waals surface area (Å²) in [5, 5.41) is 19.5. The van der Waals surface area contributed by atoms with E-state index in [-0.39, 0.29) is 6.42 Å². The van der Waals surface area contributed by atoms with E-state index in [1.54, 1.807) is 13.0 Å². The molecule has 0 aromatic heterocycles. The maximum Gasteiger partial charge on any atom is 0.270 e. The second-order valence-corrected chi connectivity index (χ2v) is 5.93. The van der Waals surface area contributed by atoms with E-state index in [4.69, 9.17) is 5.26 Å². The molecule has 0 radical (unpaired) electrons. The third-order valence-corrected chi connectivity index (χ3v) is 4.34. The van der Waals surface area contributed by atoms with Gasteiger partial charge in [0, 0.05) is 12.1 Å². The van der Waals surface area contributed by atoms with Crippen LogP contribution in [0.15, 0.2) is 23.1 Å². The average Bonchev–Trinajstić information content (AvgIpc) is 2.38. The second-order valence-electron chi connectivity index (χ2n) is 4.27. The summed E-state index contributed by atoms with van der Waals surface area (Å²) >= 11 is 0. The zero-order valence-corrected chi connectivity index (χ0v) is 11.6. The van der Waals surface area contributed by atoms with E-state index in [0.717, 1.165) is 6.07 Å². The molecule has 0 saturated heterocycles. The van der Waals surface area contributed by atoms with Crippen LogP contribution in [0.5, 0.6) is 0 Å². The maximum absolute atomic E-state index is 13.6. The molecule has 0 aliphatic carbocycles. The van der Waals surface area contributed by atoms with Crippen LogP contribution in [0, 0.1) is 27.3 Å². The van der Waals surface area contributed by atoms with Crippen molar-refractivity contribution in [3.8, 4) is 6.07 Å². The molecule has 0 aliphatic heterocycles. The molecule has 1 N–H and O–H groups in total. The number of nitro groups is 1. The Bertz CT molecular complexity index is 683. The minimum atomic E-state index is -4.38. The van der Waals surface area contributed by atoms with Gasteiger partial charge in [-0.2, -0.15) is 9.98 Å². The first kappa shape index (κ1) is 16.0. The van der Waals surface area contributed by atoms with E-state index in [0.29, 0.717) is 12.1 Å². The van der Waals surface area contributed by atoms with Crippen molar-refractivity contribution in [1.29, 1.82) is 5.26 Å². The van der Waals surface area contributed by atoms with Crippen LogP contribution in [0.1, 0.15) is 20.3 Å². The van der Waals surface area contributed by atoms with Crippen LogP contribution < -0.4 is 4.72 Å². The molecule has 1 aromatic rings. The molecule has 0 aliphatic rings. The Labute approximate surface area is 115 Å². The highest BCUT2D eigenvalue weighted by Gasteiger charge is 2.31. The lowest BCUT2D eigenvalue weighted by Gasteiger charge is -2.21. The monoisotopic (exact) mass is 301 g/mol. The summed E-state index contributed by atoms with van der Waals surface area (Å²) in [7, 11) is -4.38. The van der Waals surface area contributed by atoms with Crippen LogP contribution >= 0.6 is 0 Å². The smallest absolute Gasteiger partial charge is 0.258 e. The van der Waals surface area contributed by atoms with Crippen molar-refractivity contribution in [3.63, 3.8) is 0 Å². The topological polar surface area (TPSA) is 113 Å². The number of sulfonamides is 1. The minimum Gasteiger partial charge on any atom is -0.258 e. The van der Waals surface area contributed by atoms with Crippen LogP contribution in [0.2, 0.25) is 0 Å². The van der Waals surface area contributed by atoms with Crippen molar-refractivity contribution in [3.05, 3.63) is 34.1 Å². The highest BCUT2D eigenvalue weighted by atomic mass is 32.2. The number of rotatable bonds is 5. The van der Waals surface area contributed by atoms with E-state index in [1.807, 2.05) is 4.72 Å². The van der Waals surface area contributed by atoms with Gasteiger partial charge in [-0.3, -0.25) is 10.1 Å². The number of nitrogens with one attached hydrogen (secondary N) is 1. The number of hydrogen-bond acceptors (Lipinski definition) is 5. The molecule has 7 nitrogen and oxygen atoms in total. The Morgan fingerprint density at radius 2 is 2.15 bits per heavy atom. The lowest BCUT2D eigenvalue weighted by atomic mass is 10.0. The summed E-state index contributed by atoms with van der Waals surface area (Å²) in [4.78, 5) is 8.91. The molecular weight excluding hydrogens is 289 g/mol. The Kier molecular flexibility index (Phi) is 4.42. The first-order valence-corrected chi connectivity index (χ1v) is 7.02. The average molecular weight is 301 g/mol. The number of benzene rings is 1. The van der Waals surface area contributed by atoms with Gasteiger partial charge >= 0.3 is 0 Å². The van der Waals surface area contributed by atoms with Crippen LogP contribution in [0.25, 0.3) is 0 Å². The second kappa shape index (κ2) is 5.52. The van der Waals surface area contributed by atoms with E-state index >= 15 is 0 Å². The molecule has 0 bridgehead atoms.